The molecule has 0 rings (SSSR count). The van der Waals surface area contributed by atoms with Gasteiger partial charge in [0.25, 0.3) is 0 Å². The summed E-state index contributed by atoms with van der Waals surface area (Å²) in [5.41, 5.74) is 0. The molecular formula is C11H27Cl2N3O9. The van der Waals surface area contributed by atoms with Crippen molar-refractivity contribution in [1.82, 2.24) is 5.32 Å². The van der Waals surface area contributed by atoms with Crippen molar-refractivity contribution in [2.45, 2.75) is 19.9 Å². The summed E-state index contributed by atoms with van der Waals surface area (Å²) in [4.78, 5) is 14.5. The highest BCUT2D eigenvalue weighted by Crippen LogP contribution is 1.91. The standard InChI is InChI=1S/C11H25N3O.2ClHO4/c1-9(2)12-11(15)10(7-13(3)4)8-14(5)6;2*2-1(3,4)5/h9-10H,7-8H2,1-6H3,(H,12,15);2*(H,2,3,4,5). The molecule has 0 atom stereocenters. The van der Waals surface area contributed by atoms with Gasteiger partial charge in [-0.25, -0.2) is 37.3 Å². The van der Waals surface area contributed by atoms with Crippen LogP contribution in [0.25, 0.3) is 0 Å². The van der Waals surface area contributed by atoms with Crippen LogP contribution in [0, 0.1) is 26.4 Å². The lowest BCUT2D eigenvalue weighted by Crippen LogP contribution is -3.10. The van der Waals surface area contributed by atoms with Gasteiger partial charge in [-0.1, -0.05) is 0 Å². The molecule has 0 heterocycles. The fourth-order valence-corrected chi connectivity index (χ4v) is 1.65. The second kappa shape index (κ2) is 13.8. The van der Waals surface area contributed by atoms with E-state index < -0.39 is 20.5 Å². The van der Waals surface area contributed by atoms with E-state index in [0.29, 0.717) is 0 Å². The molecule has 0 aromatic heterocycles. The predicted molar refractivity (Wildman–Crippen MR) is 62.1 cm³/mol. The van der Waals surface area contributed by atoms with Gasteiger partial charge in [-0.2, -0.15) is 0 Å². The van der Waals surface area contributed by atoms with Crippen LogP contribution in [0.2, 0.25) is 0 Å². The van der Waals surface area contributed by atoms with Gasteiger partial charge in [0.05, 0.1) is 41.3 Å². The normalized spacial score (nSPS) is 11.9. The van der Waals surface area contributed by atoms with Crippen molar-refractivity contribution in [2.24, 2.45) is 5.92 Å². The molecule has 0 aliphatic rings. The Morgan fingerprint density at radius 1 is 0.800 bits per heavy atom. The van der Waals surface area contributed by atoms with Crippen LogP contribution in [-0.4, -0.2) is 53.2 Å². The van der Waals surface area contributed by atoms with Crippen molar-refractivity contribution in [1.29, 1.82) is 0 Å². The second-order valence-electron chi connectivity index (χ2n) is 5.94. The highest BCUT2D eigenvalue weighted by molar-refractivity contribution is 5.79. The molecule has 12 nitrogen and oxygen atoms in total. The van der Waals surface area contributed by atoms with Gasteiger partial charge in [-0.3, -0.25) is 4.79 Å². The fraction of sp³-hybridized carbons (Fsp3) is 0.909. The van der Waals surface area contributed by atoms with Crippen LogP contribution in [-0.2, 0) is 4.79 Å². The number of amides is 1. The smallest absolute Gasteiger partial charge is 0.234 e. The van der Waals surface area contributed by atoms with Crippen LogP contribution in [0.5, 0.6) is 0 Å². The number of hydrogen-bond donors (Lipinski definition) is 3. The molecule has 14 heteroatoms. The molecule has 0 saturated heterocycles. The largest absolute Gasteiger partial charge is 0.353 e. The SMILES string of the molecule is CC(C)NC(=O)C(C[NH+](C)C)C[NH+](C)C.[O-][Cl+3]([O-])([O-])[O-].[O-][Cl+3]([O-])([O-])[O-]. The summed E-state index contributed by atoms with van der Waals surface area (Å²) in [5, 5.41) is 2.99. The first kappa shape index (κ1) is 29.4. The van der Waals surface area contributed by atoms with Crippen molar-refractivity contribution in [2.75, 3.05) is 41.3 Å². The minimum absolute atomic E-state index is 0.113. The van der Waals surface area contributed by atoms with Crippen LogP contribution in [0.1, 0.15) is 13.8 Å². The van der Waals surface area contributed by atoms with Crippen LogP contribution in [0.4, 0.5) is 0 Å². The number of carbonyl (C=O) groups excluding carboxylic acids is 1. The Balaban J connectivity index is -0.000000396. The van der Waals surface area contributed by atoms with E-state index in [1.54, 1.807) is 0 Å². The molecule has 0 radical (unpaired) electrons. The topological polar surface area (TPSA) is 222 Å². The highest BCUT2D eigenvalue weighted by atomic mass is 35.7. The molecule has 0 aromatic carbocycles. The Hall–Kier alpha value is -0.350. The average Bonchev–Trinajstić information content (AvgIpc) is 2.20. The molecule has 0 spiro atoms. The lowest BCUT2D eigenvalue weighted by Gasteiger charge is -2.21. The number of quaternary nitrogens is 2. The zero-order valence-corrected chi connectivity index (χ0v) is 16.5. The molecular weight excluding hydrogens is 389 g/mol. The van der Waals surface area contributed by atoms with E-state index in [4.69, 9.17) is 37.3 Å². The first-order valence-electron chi connectivity index (χ1n) is 6.94. The van der Waals surface area contributed by atoms with E-state index in [1.807, 2.05) is 13.8 Å². The molecule has 0 saturated carbocycles. The fourth-order valence-electron chi connectivity index (χ4n) is 1.65. The Bertz CT molecular complexity index is 313. The number of rotatable bonds is 6. The van der Waals surface area contributed by atoms with E-state index in [1.165, 1.54) is 9.80 Å². The average molecular weight is 416 g/mol. The summed E-state index contributed by atoms with van der Waals surface area (Å²) in [6.45, 7) is 5.79. The molecule has 0 bridgehead atoms. The third-order valence-corrected chi connectivity index (χ3v) is 2.11. The van der Waals surface area contributed by atoms with E-state index in [2.05, 4.69) is 33.5 Å². The molecule has 25 heavy (non-hydrogen) atoms. The molecule has 0 fully saturated rings. The number of hydrogen-bond acceptors (Lipinski definition) is 9. The first-order valence-corrected chi connectivity index (χ1v) is 9.41. The zero-order chi connectivity index (χ0) is 21.0. The highest BCUT2D eigenvalue weighted by Gasteiger charge is 2.24. The molecule has 0 aliphatic carbocycles. The van der Waals surface area contributed by atoms with Crippen LogP contribution in [0.3, 0.4) is 0 Å². The maximum absolute atomic E-state index is 11.9. The molecule has 0 aromatic rings. The Labute approximate surface area is 151 Å². The summed E-state index contributed by atoms with van der Waals surface area (Å²) in [6, 6.07) is 0.231. The minimum Gasteiger partial charge on any atom is -0.353 e. The van der Waals surface area contributed by atoms with Crippen molar-refractivity contribution in [3.8, 4) is 0 Å². The van der Waals surface area contributed by atoms with Crippen LogP contribution >= 0.6 is 0 Å². The summed E-state index contributed by atoms with van der Waals surface area (Å²) < 4.78 is 67.9. The van der Waals surface area contributed by atoms with Gasteiger partial charge in [-0.15, -0.1) is 20.5 Å². The van der Waals surface area contributed by atoms with Gasteiger partial charge in [0.2, 0.25) is 5.91 Å². The van der Waals surface area contributed by atoms with Crippen LogP contribution < -0.4 is 52.4 Å². The van der Waals surface area contributed by atoms with Crippen molar-refractivity contribution < 1.29 is 72.4 Å². The van der Waals surface area contributed by atoms with Gasteiger partial charge in [-0.05, 0) is 13.8 Å². The Morgan fingerprint density at radius 3 is 1.20 bits per heavy atom. The maximum Gasteiger partial charge on any atom is 0.234 e. The molecule has 154 valence electrons. The third-order valence-electron chi connectivity index (χ3n) is 2.11. The van der Waals surface area contributed by atoms with Gasteiger partial charge in [0, 0.05) is 6.04 Å². The van der Waals surface area contributed by atoms with E-state index in [-0.39, 0.29) is 17.9 Å². The number of halogens is 2. The minimum atomic E-state index is -4.94. The maximum atomic E-state index is 11.9. The van der Waals surface area contributed by atoms with Crippen LogP contribution in [0.15, 0.2) is 0 Å². The monoisotopic (exact) mass is 415 g/mol. The van der Waals surface area contributed by atoms with Gasteiger partial charge in [0.1, 0.15) is 5.92 Å². The Morgan fingerprint density at radius 2 is 1.04 bits per heavy atom. The quantitative estimate of drug-likeness (QED) is 0.373. The molecule has 0 unspecified atom stereocenters. The Kier molecular flexibility index (Phi) is 16.2. The summed E-state index contributed by atoms with van der Waals surface area (Å²) in [6.07, 6.45) is 0. The molecule has 0 aliphatic heterocycles. The van der Waals surface area contributed by atoms with Gasteiger partial charge >= 0.3 is 0 Å². The third kappa shape index (κ3) is 45.3. The zero-order valence-electron chi connectivity index (χ0n) is 15.0. The van der Waals surface area contributed by atoms with Crippen molar-refractivity contribution in [3.05, 3.63) is 0 Å². The first-order chi connectivity index (χ1) is 10.8. The van der Waals surface area contributed by atoms with Crippen molar-refractivity contribution >= 4 is 5.91 Å². The predicted octanol–water partition coefficient (Wildman–Crippen LogP) is -12.1. The lowest BCUT2D eigenvalue weighted by molar-refractivity contribution is -2.00. The lowest BCUT2D eigenvalue weighted by atomic mass is 10.1. The van der Waals surface area contributed by atoms with Gasteiger partial charge < -0.3 is 15.1 Å². The second-order valence-corrected chi connectivity index (χ2v) is 7.45. The van der Waals surface area contributed by atoms with Crippen molar-refractivity contribution in [3.63, 3.8) is 0 Å². The number of carbonyl (C=O) groups is 1. The molecule has 3 N–H and O–H groups in total. The summed E-state index contributed by atoms with van der Waals surface area (Å²) in [5.74, 6) is 0.301. The summed E-state index contributed by atoms with van der Waals surface area (Å²) >= 11 is 0. The van der Waals surface area contributed by atoms with E-state index in [0.717, 1.165) is 13.1 Å². The van der Waals surface area contributed by atoms with Gasteiger partial charge in [0.15, 0.2) is 0 Å². The van der Waals surface area contributed by atoms with E-state index >= 15 is 0 Å². The van der Waals surface area contributed by atoms with E-state index in [9.17, 15) is 4.79 Å². The molecule has 1 amide bonds. The summed E-state index contributed by atoms with van der Waals surface area (Å²) in [7, 11) is -1.55. The number of nitrogens with one attached hydrogen (secondary N) is 3.